The highest BCUT2D eigenvalue weighted by atomic mass is 16.5. The molecule has 0 N–H and O–H groups in total. The van der Waals surface area contributed by atoms with Crippen molar-refractivity contribution in [2.24, 2.45) is 11.8 Å². The van der Waals surface area contributed by atoms with Gasteiger partial charge in [0.05, 0.1) is 18.1 Å². The second-order valence-electron chi connectivity index (χ2n) is 7.34. The van der Waals surface area contributed by atoms with E-state index in [2.05, 4.69) is 6.58 Å². The van der Waals surface area contributed by atoms with Crippen LogP contribution in [0.25, 0.3) is 0 Å². The van der Waals surface area contributed by atoms with Gasteiger partial charge in [-0.25, -0.2) is 0 Å². The van der Waals surface area contributed by atoms with Crippen LogP contribution in [0.1, 0.15) is 18.9 Å². The van der Waals surface area contributed by atoms with E-state index in [1.807, 2.05) is 44.2 Å². The number of carbonyl (C=O) groups is 2. The van der Waals surface area contributed by atoms with Crippen molar-refractivity contribution in [3.63, 3.8) is 0 Å². The summed E-state index contributed by atoms with van der Waals surface area (Å²) in [6.45, 7) is 7.86. The highest BCUT2D eigenvalue weighted by Crippen LogP contribution is 2.56. The molecule has 3 heterocycles. The van der Waals surface area contributed by atoms with Crippen molar-refractivity contribution in [1.29, 1.82) is 0 Å². The fourth-order valence-electron chi connectivity index (χ4n) is 4.58. The minimum absolute atomic E-state index is 0.210. The molecule has 0 saturated carbocycles. The fraction of sp³-hybridized carbons (Fsp3) is 0.400. The van der Waals surface area contributed by atoms with Gasteiger partial charge in [-0.15, -0.1) is 6.58 Å². The molecule has 1 amide bonds. The Labute approximate surface area is 146 Å². The van der Waals surface area contributed by atoms with E-state index >= 15 is 0 Å². The summed E-state index contributed by atoms with van der Waals surface area (Å²) in [5, 5.41) is 11.7. The maximum absolute atomic E-state index is 13.3. The van der Waals surface area contributed by atoms with Crippen molar-refractivity contribution in [2.45, 2.75) is 38.0 Å². The molecule has 25 heavy (non-hydrogen) atoms. The number of rotatable bonds is 4. The van der Waals surface area contributed by atoms with Crippen LogP contribution in [0, 0.1) is 18.8 Å². The van der Waals surface area contributed by atoms with Gasteiger partial charge in [0, 0.05) is 17.6 Å². The van der Waals surface area contributed by atoms with Gasteiger partial charge in [0.2, 0.25) is 5.91 Å². The van der Waals surface area contributed by atoms with Crippen molar-refractivity contribution in [3.05, 3.63) is 54.1 Å². The summed E-state index contributed by atoms with van der Waals surface area (Å²) < 4.78 is 6.09. The molecule has 1 aromatic carbocycles. The second-order valence-corrected chi connectivity index (χ2v) is 7.34. The van der Waals surface area contributed by atoms with E-state index in [0.29, 0.717) is 6.42 Å². The molecule has 5 nitrogen and oxygen atoms in total. The number of carboxylic acid groups (broad SMARTS) is 1. The number of amides is 1. The number of ether oxygens (including phenoxy) is 1. The first-order valence-corrected chi connectivity index (χ1v) is 8.47. The fourth-order valence-corrected chi connectivity index (χ4v) is 4.58. The Hall–Kier alpha value is -2.40. The van der Waals surface area contributed by atoms with Gasteiger partial charge in [-0.2, -0.15) is 0 Å². The monoisotopic (exact) mass is 338 g/mol. The van der Waals surface area contributed by atoms with Crippen LogP contribution < -0.4 is 10.0 Å². The van der Waals surface area contributed by atoms with Gasteiger partial charge in [-0.05, 0) is 38.0 Å². The van der Waals surface area contributed by atoms with Gasteiger partial charge in [-0.3, -0.25) is 4.79 Å². The lowest BCUT2D eigenvalue weighted by molar-refractivity contribution is -0.313. The van der Waals surface area contributed by atoms with Crippen LogP contribution in [0.5, 0.6) is 0 Å². The summed E-state index contributed by atoms with van der Waals surface area (Å²) in [4.78, 5) is 26.7. The Morgan fingerprint density at radius 3 is 2.84 bits per heavy atom. The second kappa shape index (κ2) is 5.30. The number of anilines is 1. The van der Waals surface area contributed by atoms with E-state index in [9.17, 15) is 14.7 Å². The molecule has 0 aromatic heterocycles. The zero-order chi connectivity index (χ0) is 17.9. The van der Waals surface area contributed by atoms with E-state index < -0.39 is 29.5 Å². The molecule has 3 aliphatic heterocycles. The van der Waals surface area contributed by atoms with Gasteiger partial charge in [-0.1, -0.05) is 29.9 Å². The number of carboxylic acids is 1. The summed E-state index contributed by atoms with van der Waals surface area (Å²) in [7, 11) is 0. The van der Waals surface area contributed by atoms with Crippen molar-refractivity contribution in [3.8, 4) is 0 Å². The Bertz CT molecular complexity index is 814. The number of hydrogen-bond acceptors (Lipinski definition) is 4. The molecule has 3 aliphatic rings. The Morgan fingerprint density at radius 2 is 2.20 bits per heavy atom. The molecule has 0 aliphatic carbocycles. The summed E-state index contributed by atoms with van der Waals surface area (Å²) in [5.74, 6) is -3.13. The van der Waals surface area contributed by atoms with Gasteiger partial charge in [0.25, 0.3) is 0 Å². The summed E-state index contributed by atoms with van der Waals surface area (Å²) >= 11 is 0. The van der Waals surface area contributed by atoms with Crippen LogP contribution in [-0.2, 0) is 14.3 Å². The molecule has 0 radical (unpaired) electrons. The third-order valence-electron chi connectivity index (χ3n) is 5.52. The van der Waals surface area contributed by atoms with Crippen molar-refractivity contribution >= 4 is 17.6 Å². The number of hydrogen-bond donors (Lipinski definition) is 0. The van der Waals surface area contributed by atoms with E-state index in [1.165, 1.54) is 0 Å². The predicted octanol–water partition coefficient (Wildman–Crippen LogP) is 1.37. The van der Waals surface area contributed by atoms with E-state index in [1.54, 1.807) is 11.0 Å². The maximum Gasteiger partial charge on any atom is 0.234 e. The minimum Gasteiger partial charge on any atom is -0.550 e. The summed E-state index contributed by atoms with van der Waals surface area (Å²) in [5.41, 5.74) is 1.79. The van der Waals surface area contributed by atoms with Crippen LogP contribution in [0.3, 0.4) is 0 Å². The molecule has 1 spiro atoms. The average Bonchev–Trinajstić information content (AvgIpc) is 3.16. The smallest absolute Gasteiger partial charge is 0.234 e. The van der Waals surface area contributed by atoms with E-state index in [0.717, 1.165) is 16.8 Å². The molecular formula is C20H20NO4-. The van der Waals surface area contributed by atoms with Gasteiger partial charge < -0.3 is 19.5 Å². The molecular weight excluding hydrogens is 318 g/mol. The Balaban J connectivity index is 1.85. The molecule has 4 rings (SSSR count). The standard InChI is InChI=1S/C20H21NO4/c1-11(2)9-15-20-8-7-14(25-20)16(19(23)24)17(20)18(22)21(15)13-6-4-5-12(3)10-13/h4-8,10,14-17H,1,9H2,2-3H3,(H,23,24)/p-1/t14-,15-,16+,17-,20-/m1/s1. The predicted molar refractivity (Wildman–Crippen MR) is 90.6 cm³/mol. The first-order chi connectivity index (χ1) is 11.8. The molecule has 5 atom stereocenters. The Kier molecular flexibility index (Phi) is 3.41. The highest BCUT2D eigenvalue weighted by Gasteiger charge is 2.69. The lowest BCUT2D eigenvalue weighted by Crippen LogP contribution is -2.46. The van der Waals surface area contributed by atoms with E-state index in [4.69, 9.17) is 4.74 Å². The minimum atomic E-state index is -1.23. The molecule has 2 saturated heterocycles. The van der Waals surface area contributed by atoms with Crippen molar-refractivity contribution in [1.82, 2.24) is 0 Å². The lowest BCUT2D eigenvalue weighted by Gasteiger charge is -2.33. The average molecular weight is 338 g/mol. The van der Waals surface area contributed by atoms with Crippen LogP contribution in [-0.4, -0.2) is 29.6 Å². The first kappa shape index (κ1) is 16.1. The topological polar surface area (TPSA) is 69.7 Å². The molecule has 130 valence electrons. The number of carbonyl (C=O) groups excluding carboxylic acids is 2. The first-order valence-electron chi connectivity index (χ1n) is 8.47. The third kappa shape index (κ3) is 2.12. The number of fused-ring (bicyclic) bond motifs is 1. The Morgan fingerprint density at radius 1 is 1.44 bits per heavy atom. The highest BCUT2D eigenvalue weighted by molar-refractivity contribution is 6.03. The molecule has 5 heteroatoms. The van der Waals surface area contributed by atoms with Gasteiger partial charge in [0.1, 0.15) is 5.60 Å². The van der Waals surface area contributed by atoms with Crippen molar-refractivity contribution in [2.75, 3.05) is 4.90 Å². The van der Waals surface area contributed by atoms with Crippen LogP contribution in [0.4, 0.5) is 5.69 Å². The number of aliphatic carboxylic acids is 1. The van der Waals surface area contributed by atoms with Crippen LogP contribution in [0.15, 0.2) is 48.6 Å². The molecule has 2 bridgehead atoms. The summed E-state index contributed by atoms with van der Waals surface area (Å²) in [6.07, 6.45) is 3.59. The third-order valence-corrected chi connectivity index (χ3v) is 5.52. The zero-order valence-corrected chi connectivity index (χ0v) is 14.3. The SMILES string of the molecule is C=C(C)C[C@H]1N(c2cccc(C)c2)C(=O)[C@H]2[C@@H](C(=O)[O-])[C@H]3C=C[C@]21O3. The van der Waals surface area contributed by atoms with Crippen LogP contribution in [0.2, 0.25) is 0 Å². The quantitative estimate of drug-likeness (QED) is 0.778. The zero-order valence-electron chi connectivity index (χ0n) is 14.3. The maximum atomic E-state index is 13.3. The van der Waals surface area contributed by atoms with E-state index in [-0.39, 0.29) is 11.9 Å². The number of aryl methyl sites for hydroxylation is 1. The van der Waals surface area contributed by atoms with Gasteiger partial charge >= 0.3 is 0 Å². The lowest BCUT2D eigenvalue weighted by atomic mass is 9.74. The number of nitrogens with zero attached hydrogens (tertiary/aromatic N) is 1. The van der Waals surface area contributed by atoms with Crippen LogP contribution >= 0.6 is 0 Å². The summed E-state index contributed by atoms with van der Waals surface area (Å²) in [6, 6.07) is 7.35. The van der Waals surface area contributed by atoms with Crippen molar-refractivity contribution < 1.29 is 19.4 Å². The molecule has 2 fully saturated rings. The van der Waals surface area contributed by atoms with Gasteiger partial charge in [0.15, 0.2) is 0 Å². The molecule has 1 aromatic rings. The largest absolute Gasteiger partial charge is 0.550 e. The molecule has 0 unspecified atom stereocenters. The normalized spacial score (nSPS) is 35.3. The number of benzene rings is 1.